The fraction of sp³-hybridized carbons (Fsp3) is 0.429. The van der Waals surface area contributed by atoms with Crippen molar-refractivity contribution in [2.24, 2.45) is 0 Å². The Morgan fingerprint density at radius 2 is 1.50 bits per heavy atom. The van der Waals surface area contributed by atoms with E-state index in [1.807, 2.05) is 19.9 Å². The van der Waals surface area contributed by atoms with E-state index in [0.29, 0.717) is 11.1 Å². The highest BCUT2D eigenvalue weighted by Gasteiger charge is 2.21. The van der Waals surface area contributed by atoms with E-state index in [0.717, 1.165) is 16.7 Å². The monoisotopic (exact) mass is 212 g/mol. The Hall–Kier alpha value is -1.80. The van der Waals surface area contributed by atoms with Gasteiger partial charge in [0.25, 0.3) is 0 Å². The van der Waals surface area contributed by atoms with Crippen LogP contribution in [-0.4, -0.2) is 0 Å². The summed E-state index contributed by atoms with van der Waals surface area (Å²) < 4.78 is 0. The zero-order valence-electron chi connectivity index (χ0n) is 10.5. The lowest BCUT2D eigenvalue weighted by Crippen LogP contribution is -2.15. The van der Waals surface area contributed by atoms with Gasteiger partial charge in [-0.15, -0.1) is 0 Å². The van der Waals surface area contributed by atoms with Crippen LogP contribution in [0.15, 0.2) is 6.07 Å². The molecule has 0 saturated carbocycles. The molecular weight excluding hydrogens is 196 g/mol. The van der Waals surface area contributed by atoms with Crippen molar-refractivity contribution in [2.45, 2.75) is 40.0 Å². The average molecular weight is 212 g/mol. The Labute approximate surface area is 97.1 Å². The highest BCUT2D eigenvalue weighted by molar-refractivity contribution is 5.57. The minimum atomic E-state index is -0.00553. The lowest BCUT2D eigenvalue weighted by molar-refractivity contribution is 0.585. The average Bonchev–Trinajstić information content (AvgIpc) is 2.18. The molecular formula is C14H16N2. The molecule has 0 spiro atoms. The number of hydrogen-bond donors (Lipinski definition) is 0. The molecule has 0 heterocycles. The third-order valence-electron chi connectivity index (χ3n) is 2.82. The minimum absolute atomic E-state index is 0.00553. The molecule has 1 aromatic carbocycles. The maximum atomic E-state index is 9.14. The molecule has 0 unspecified atom stereocenters. The number of benzene rings is 1. The summed E-state index contributed by atoms with van der Waals surface area (Å²) >= 11 is 0. The zero-order chi connectivity index (χ0) is 12.5. The van der Waals surface area contributed by atoms with Crippen molar-refractivity contribution >= 4 is 0 Å². The second kappa shape index (κ2) is 3.99. The standard InChI is InChI=1S/C14H16N2/c1-9-6-13(14(3,4)5)10(2)12(8-16)11(9)7-15/h6H,1-5H3. The molecule has 0 radical (unpaired) electrons. The van der Waals surface area contributed by atoms with Crippen LogP contribution in [0.3, 0.4) is 0 Å². The minimum Gasteiger partial charge on any atom is -0.192 e. The van der Waals surface area contributed by atoms with Crippen LogP contribution in [0.1, 0.15) is 48.6 Å². The van der Waals surface area contributed by atoms with Gasteiger partial charge >= 0.3 is 0 Å². The van der Waals surface area contributed by atoms with Gasteiger partial charge in [-0.2, -0.15) is 10.5 Å². The molecule has 16 heavy (non-hydrogen) atoms. The van der Waals surface area contributed by atoms with Crippen LogP contribution >= 0.6 is 0 Å². The Morgan fingerprint density at radius 3 is 1.88 bits per heavy atom. The second-order valence-corrected chi connectivity index (χ2v) is 5.09. The van der Waals surface area contributed by atoms with Crippen LogP contribution in [0.2, 0.25) is 0 Å². The fourth-order valence-corrected chi connectivity index (χ4v) is 1.98. The highest BCUT2D eigenvalue weighted by atomic mass is 14.3. The number of aryl methyl sites for hydroxylation is 1. The molecule has 1 rings (SSSR count). The molecule has 0 fully saturated rings. The van der Waals surface area contributed by atoms with Gasteiger partial charge in [0, 0.05) is 0 Å². The Morgan fingerprint density at radius 1 is 1.00 bits per heavy atom. The van der Waals surface area contributed by atoms with E-state index < -0.39 is 0 Å². The Balaban J connectivity index is 3.70. The lowest BCUT2D eigenvalue weighted by atomic mass is 9.80. The summed E-state index contributed by atoms with van der Waals surface area (Å²) in [6.45, 7) is 10.1. The predicted molar refractivity (Wildman–Crippen MR) is 64.0 cm³/mol. The zero-order valence-corrected chi connectivity index (χ0v) is 10.5. The molecule has 0 aliphatic rings. The summed E-state index contributed by atoms with van der Waals surface area (Å²) in [7, 11) is 0. The van der Waals surface area contributed by atoms with Gasteiger partial charge in [-0.25, -0.2) is 0 Å². The molecule has 0 amide bonds. The first-order valence-electron chi connectivity index (χ1n) is 5.27. The van der Waals surface area contributed by atoms with Crippen molar-refractivity contribution in [3.05, 3.63) is 33.9 Å². The second-order valence-electron chi connectivity index (χ2n) is 5.09. The van der Waals surface area contributed by atoms with Gasteiger partial charge < -0.3 is 0 Å². The molecule has 2 nitrogen and oxygen atoms in total. The topological polar surface area (TPSA) is 47.6 Å². The molecule has 0 aliphatic carbocycles. The van der Waals surface area contributed by atoms with E-state index in [1.165, 1.54) is 0 Å². The smallest absolute Gasteiger partial charge is 0.101 e. The first-order valence-corrected chi connectivity index (χ1v) is 5.27. The third kappa shape index (κ3) is 1.92. The van der Waals surface area contributed by atoms with Gasteiger partial charge in [-0.3, -0.25) is 0 Å². The normalized spacial score (nSPS) is 10.7. The summed E-state index contributed by atoms with van der Waals surface area (Å²) in [5, 5.41) is 18.2. The van der Waals surface area contributed by atoms with Crippen molar-refractivity contribution in [3.8, 4) is 12.1 Å². The van der Waals surface area contributed by atoms with E-state index in [4.69, 9.17) is 10.5 Å². The number of hydrogen-bond acceptors (Lipinski definition) is 2. The quantitative estimate of drug-likeness (QED) is 0.662. The molecule has 0 aliphatic heterocycles. The van der Waals surface area contributed by atoms with Crippen LogP contribution in [-0.2, 0) is 5.41 Å². The van der Waals surface area contributed by atoms with Gasteiger partial charge in [0.2, 0.25) is 0 Å². The van der Waals surface area contributed by atoms with E-state index in [9.17, 15) is 0 Å². The van der Waals surface area contributed by atoms with E-state index in [-0.39, 0.29) is 5.41 Å². The molecule has 0 atom stereocenters. The van der Waals surface area contributed by atoms with E-state index in [2.05, 4.69) is 32.9 Å². The van der Waals surface area contributed by atoms with Crippen molar-refractivity contribution in [1.82, 2.24) is 0 Å². The molecule has 0 saturated heterocycles. The van der Waals surface area contributed by atoms with Crippen molar-refractivity contribution in [2.75, 3.05) is 0 Å². The summed E-state index contributed by atoms with van der Waals surface area (Å²) in [6, 6.07) is 6.28. The molecule has 82 valence electrons. The first-order chi connectivity index (χ1) is 7.32. The van der Waals surface area contributed by atoms with Crippen LogP contribution < -0.4 is 0 Å². The van der Waals surface area contributed by atoms with Gasteiger partial charge in [0.1, 0.15) is 12.1 Å². The maximum Gasteiger partial charge on any atom is 0.101 e. The molecule has 2 heteroatoms. The largest absolute Gasteiger partial charge is 0.192 e. The van der Waals surface area contributed by atoms with Crippen molar-refractivity contribution in [3.63, 3.8) is 0 Å². The maximum absolute atomic E-state index is 9.14. The SMILES string of the molecule is Cc1cc(C(C)(C)C)c(C)c(C#N)c1C#N. The van der Waals surface area contributed by atoms with Gasteiger partial charge in [0.05, 0.1) is 11.1 Å². The summed E-state index contributed by atoms with van der Waals surface area (Å²) in [5.41, 5.74) is 3.97. The van der Waals surface area contributed by atoms with Gasteiger partial charge in [-0.1, -0.05) is 26.8 Å². The summed E-state index contributed by atoms with van der Waals surface area (Å²) in [6.07, 6.45) is 0. The molecule has 0 aromatic heterocycles. The van der Waals surface area contributed by atoms with Crippen LogP contribution in [0.5, 0.6) is 0 Å². The molecule has 0 bridgehead atoms. The number of nitriles is 2. The Kier molecular flexibility index (Phi) is 3.06. The number of rotatable bonds is 0. The third-order valence-corrected chi connectivity index (χ3v) is 2.82. The van der Waals surface area contributed by atoms with Crippen LogP contribution in [0.4, 0.5) is 0 Å². The Bertz CT molecular complexity index is 505. The lowest BCUT2D eigenvalue weighted by Gasteiger charge is -2.23. The van der Waals surface area contributed by atoms with Crippen LogP contribution in [0, 0.1) is 36.5 Å². The van der Waals surface area contributed by atoms with Crippen LogP contribution in [0.25, 0.3) is 0 Å². The van der Waals surface area contributed by atoms with Gasteiger partial charge in [0.15, 0.2) is 0 Å². The fourth-order valence-electron chi connectivity index (χ4n) is 1.98. The summed E-state index contributed by atoms with van der Waals surface area (Å²) in [5.74, 6) is 0. The first kappa shape index (κ1) is 12.3. The van der Waals surface area contributed by atoms with Gasteiger partial charge in [-0.05, 0) is 36.0 Å². The van der Waals surface area contributed by atoms with Crippen molar-refractivity contribution < 1.29 is 0 Å². The summed E-state index contributed by atoms with van der Waals surface area (Å²) in [4.78, 5) is 0. The molecule has 1 aromatic rings. The van der Waals surface area contributed by atoms with Crippen molar-refractivity contribution in [1.29, 1.82) is 10.5 Å². The van der Waals surface area contributed by atoms with E-state index >= 15 is 0 Å². The van der Waals surface area contributed by atoms with E-state index in [1.54, 1.807) is 0 Å². The highest BCUT2D eigenvalue weighted by Crippen LogP contribution is 2.30. The number of nitrogens with zero attached hydrogens (tertiary/aromatic N) is 2. The predicted octanol–water partition coefficient (Wildman–Crippen LogP) is 3.34. The molecule has 0 N–H and O–H groups in total.